The first-order chi connectivity index (χ1) is 6.43. The second-order valence-electron chi connectivity index (χ2n) is 2.91. The van der Waals surface area contributed by atoms with Crippen molar-refractivity contribution < 1.29 is 10.0 Å². The summed E-state index contributed by atoms with van der Waals surface area (Å²) in [4.78, 5) is 9.89. The maximum atomic E-state index is 10.5. The fourth-order valence-electron chi connectivity index (χ4n) is 1.09. The van der Waals surface area contributed by atoms with E-state index in [9.17, 15) is 15.2 Å². The zero-order valence-electron chi connectivity index (χ0n) is 7.81. The van der Waals surface area contributed by atoms with Crippen molar-refractivity contribution in [1.29, 1.82) is 0 Å². The number of halogens is 2. The molecular formula is C8H10BrClN2O3. The van der Waals surface area contributed by atoms with Crippen LogP contribution in [-0.4, -0.2) is 10.0 Å². The molecule has 84 valence electrons. The number of phenols is 1. The zero-order chi connectivity index (χ0) is 10.9. The van der Waals surface area contributed by atoms with E-state index in [0.717, 1.165) is 0 Å². The number of nitrogens with zero attached hydrogens (tertiary/aromatic N) is 1. The quantitative estimate of drug-likeness (QED) is 0.648. The maximum absolute atomic E-state index is 10.5. The van der Waals surface area contributed by atoms with Gasteiger partial charge >= 0.3 is 5.69 Å². The predicted molar refractivity (Wildman–Crippen MR) is 62.3 cm³/mol. The standard InChI is InChI=1S/C8H9BrN2O3.ClH/c1-4(10)6-2-5(9)3-7(8(6)12)11(13)14;/h2-4,12H,10H2,1H3;1H/t4-;/m0./s1. The van der Waals surface area contributed by atoms with Gasteiger partial charge in [0.15, 0.2) is 5.75 Å². The van der Waals surface area contributed by atoms with Crippen LogP contribution in [0.3, 0.4) is 0 Å². The van der Waals surface area contributed by atoms with Gasteiger partial charge in [-0.1, -0.05) is 15.9 Å². The van der Waals surface area contributed by atoms with E-state index < -0.39 is 11.0 Å². The number of hydrogen-bond acceptors (Lipinski definition) is 4. The van der Waals surface area contributed by atoms with E-state index in [-0.39, 0.29) is 23.8 Å². The van der Waals surface area contributed by atoms with Crippen LogP contribution in [0.4, 0.5) is 5.69 Å². The Labute approximate surface area is 101 Å². The van der Waals surface area contributed by atoms with E-state index in [1.165, 1.54) is 6.07 Å². The molecule has 0 spiro atoms. The molecule has 1 aromatic carbocycles. The molecule has 0 fully saturated rings. The second kappa shape index (κ2) is 5.29. The van der Waals surface area contributed by atoms with Gasteiger partial charge < -0.3 is 10.8 Å². The Kier molecular flexibility index (Phi) is 4.99. The van der Waals surface area contributed by atoms with Crippen molar-refractivity contribution >= 4 is 34.0 Å². The van der Waals surface area contributed by atoms with Crippen molar-refractivity contribution in [2.45, 2.75) is 13.0 Å². The molecule has 0 aliphatic heterocycles. The van der Waals surface area contributed by atoms with E-state index in [1.807, 2.05) is 0 Å². The van der Waals surface area contributed by atoms with Gasteiger partial charge in [-0.05, 0) is 13.0 Å². The molecule has 0 bridgehead atoms. The summed E-state index contributed by atoms with van der Waals surface area (Å²) in [6.07, 6.45) is 0. The van der Waals surface area contributed by atoms with Gasteiger partial charge in [0.25, 0.3) is 0 Å². The van der Waals surface area contributed by atoms with Gasteiger partial charge in [-0.3, -0.25) is 10.1 Å². The molecule has 1 aromatic rings. The van der Waals surface area contributed by atoms with Gasteiger partial charge in [0, 0.05) is 22.1 Å². The van der Waals surface area contributed by atoms with Crippen LogP contribution >= 0.6 is 28.3 Å². The summed E-state index contributed by atoms with van der Waals surface area (Å²) >= 11 is 3.11. The van der Waals surface area contributed by atoms with Crippen LogP contribution < -0.4 is 5.73 Å². The van der Waals surface area contributed by atoms with E-state index in [2.05, 4.69) is 15.9 Å². The highest BCUT2D eigenvalue weighted by molar-refractivity contribution is 9.10. The lowest BCUT2D eigenvalue weighted by molar-refractivity contribution is -0.386. The minimum atomic E-state index is -0.647. The van der Waals surface area contributed by atoms with Gasteiger partial charge in [0.1, 0.15) is 0 Å². The molecule has 0 radical (unpaired) electrons. The van der Waals surface area contributed by atoms with Crippen LogP contribution in [0.5, 0.6) is 5.75 Å². The van der Waals surface area contributed by atoms with E-state index in [0.29, 0.717) is 10.0 Å². The zero-order valence-corrected chi connectivity index (χ0v) is 10.2. The van der Waals surface area contributed by atoms with Crippen LogP contribution in [0.25, 0.3) is 0 Å². The Balaban J connectivity index is 0.00000196. The average Bonchev–Trinajstić information content (AvgIpc) is 2.07. The molecule has 3 N–H and O–H groups in total. The van der Waals surface area contributed by atoms with Crippen molar-refractivity contribution in [3.8, 4) is 5.75 Å². The molecule has 0 saturated heterocycles. The minimum absolute atomic E-state index is 0. The summed E-state index contributed by atoms with van der Waals surface area (Å²) in [5.74, 6) is -0.367. The normalized spacial score (nSPS) is 11.7. The van der Waals surface area contributed by atoms with Crippen molar-refractivity contribution in [1.82, 2.24) is 0 Å². The Morgan fingerprint density at radius 1 is 1.60 bits per heavy atom. The van der Waals surface area contributed by atoms with Gasteiger partial charge in [-0.15, -0.1) is 12.4 Å². The first-order valence-corrected chi connectivity index (χ1v) is 4.65. The highest BCUT2D eigenvalue weighted by atomic mass is 79.9. The molecule has 0 unspecified atom stereocenters. The number of aromatic hydroxyl groups is 1. The Morgan fingerprint density at radius 3 is 2.53 bits per heavy atom. The summed E-state index contributed by atoms with van der Waals surface area (Å²) in [6, 6.07) is 2.35. The number of rotatable bonds is 2. The van der Waals surface area contributed by atoms with Crippen molar-refractivity contribution in [3.63, 3.8) is 0 Å². The van der Waals surface area contributed by atoms with Crippen LogP contribution in [0, 0.1) is 10.1 Å². The van der Waals surface area contributed by atoms with E-state index in [1.54, 1.807) is 13.0 Å². The molecule has 0 aliphatic carbocycles. The molecule has 1 rings (SSSR count). The molecular weight excluding hydrogens is 287 g/mol. The van der Waals surface area contributed by atoms with Gasteiger partial charge in [0.2, 0.25) is 0 Å². The fourth-order valence-corrected chi connectivity index (χ4v) is 1.56. The monoisotopic (exact) mass is 296 g/mol. The largest absolute Gasteiger partial charge is 0.502 e. The lowest BCUT2D eigenvalue weighted by Gasteiger charge is -2.08. The van der Waals surface area contributed by atoms with E-state index >= 15 is 0 Å². The third kappa shape index (κ3) is 3.05. The van der Waals surface area contributed by atoms with Crippen molar-refractivity contribution in [3.05, 3.63) is 32.3 Å². The molecule has 0 aliphatic rings. The number of nitro groups is 1. The first-order valence-electron chi connectivity index (χ1n) is 3.86. The fraction of sp³-hybridized carbons (Fsp3) is 0.250. The predicted octanol–water partition coefficient (Wildman–Crippen LogP) is 2.50. The summed E-state index contributed by atoms with van der Waals surface area (Å²) in [6.45, 7) is 1.64. The highest BCUT2D eigenvalue weighted by Gasteiger charge is 2.19. The third-order valence-corrected chi connectivity index (χ3v) is 2.23. The molecule has 1 atom stereocenters. The highest BCUT2D eigenvalue weighted by Crippen LogP contribution is 2.35. The summed E-state index contributed by atoms with van der Waals surface area (Å²) in [5, 5.41) is 20.0. The molecule has 0 aromatic heterocycles. The number of nitrogens with two attached hydrogens (primary N) is 1. The van der Waals surface area contributed by atoms with Crippen LogP contribution in [-0.2, 0) is 0 Å². The number of nitro benzene ring substituents is 1. The van der Waals surface area contributed by atoms with E-state index in [4.69, 9.17) is 5.73 Å². The summed E-state index contributed by atoms with van der Waals surface area (Å²) < 4.78 is 0.523. The van der Waals surface area contributed by atoms with Crippen molar-refractivity contribution in [2.24, 2.45) is 5.73 Å². The van der Waals surface area contributed by atoms with Gasteiger partial charge in [-0.25, -0.2) is 0 Å². The molecule has 7 heteroatoms. The van der Waals surface area contributed by atoms with Crippen LogP contribution in [0.1, 0.15) is 18.5 Å². The Morgan fingerprint density at radius 2 is 2.13 bits per heavy atom. The Hall–Kier alpha value is -0.850. The second-order valence-corrected chi connectivity index (χ2v) is 3.82. The third-order valence-electron chi connectivity index (χ3n) is 1.77. The maximum Gasteiger partial charge on any atom is 0.312 e. The lowest BCUT2D eigenvalue weighted by atomic mass is 10.1. The molecule has 0 saturated carbocycles. The smallest absolute Gasteiger partial charge is 0.312 e. The lowest BCUT2D eigenvalue weighted by Crippen LogP contribution is -2.06. The van der Waals surface area contributed by atoms with Crippen LogP contribution in [0.2, 0.25) is 0 Å². The average molecular weight is 298 g/mol. The molecule has 0 amide bonds. The SMILES string of the molecule is C[C@H](N)c1cc(Br)cc([N+](=O)[O-])c1O.Cl. The topological polar surface area (TPSA) is 89.4 Å². The first kappa shape index (κ1) is 14.2. The number of phenolic OH excluding ortho intramolecular Hbond substituents is 1. The number of hydrogen-bond donors (Lipinski definition) is 2. The molecule has 15 heavy (non-hydrogen) atoms. The van der Waals surface area contributed by atoms with Crippen LogP contribution in [0.15, 0.2) is 16.6 Å². The molecule has 0 heterocycles. The van der Waals surface area contributed by atoms with Gasteiger partial charge in [0.05, 0.1) is 4.92 Å². The number of benzene rings is 1. The summed E-state index contributed by atoms with van der Waals surface area (Å²) in [5.41, 5.74) is 5.56. The summed E-state index contributed by atoms with van der Waals surface area (Å²) in [7, 11) is 0. The molecule has 5 nitrogen and oxygen atoms in total. The van der Waals surface area contributed by atoms with Gasteiger partial charge in [-0.2, -0.15) is 0 Å². The Bertz CT molecular complexity index is 384. The minimum Gasteiger partial charge on any atom is -0.502 e. The van der Waals surface area contributed by atoms with Crippen molar-refractivity contribution in [2.75, 3.05) is 0 Å².